The number of quaternary nitrogens is 1. The summed E-state index contributed by atoms with van der Waals surface area (Å²) >= 11 is 0. The fraction of sp³-hybridized carbons (Fsp3) is 0.143. The molecule has 7 nitrogen and oxygen atoms in total. The van der Waals surface area contributed by atoms with Crippen molar-refractivity contribution in [2.24, 2.45) is 0 Å². The van der Waals surface area contributed by atoms with Gasteiger partial charge in [-0.2, -0.15) is 0 Å². The van der Waals surface area contributed by atoms with E-state index in [2.05, 4.69) is 9.97 Å². The molecule has 4 aromatic rings. The number of H-pyrrole nitrogens is 2. The van der Waals surface area contributed by atoms with Gasteiger partial charge in [0, 0.05) is 17.3 Å². The highest BCUT2D eigenvalue weighted by Crippen LogP contribution is 2.31. The zero-order valence-corrected chi connectivity index (χ0v) is 15.2. The summed E-state index contributed by atoms with van der Waals surface area (Å²) in [6, 6.07) is 12.7. The van der Waals surface area contributed by atoms with Crippen molar-refractivity contribution in [3.63, 3.8) is 0 Å². The number of para-hydroxylation sites is 2. The Bertz CT molecular complexity index is 1370. The molecule has 1 aliphatic rings. The van der Waals surface area contributed by atoms with Crippen molar-refractivity contribution >= 4 is 10.9 Å². The molecule has 29 heavy (non-hydrogen) atoms. The number of fused-ring (bicyclic) bond motifs is 3. The van der Waals surface area contributed by atoms with Gasteiger partial charge in [-0.15, -0.1) is 0 Å². The highest BCUT2D eigenvalue weighted by molar-refractivity contribution is 5.85. The maximum atomic E-state index is 14.3. The Kier molecular flexibility index (Phi) is 3.88. The molecule has 0 bridgehead atoms. The number of benzene rings is 2. The van der Waals surface area contributed by atoms with Gasteiger partial charge in [0.1, 0.15) is 5.82 Å². The number of halogens is 1. The summed E-state index contributed by atoms with van der Waals surface area (Å²) in [5.74, 6) is -1.53. The number of nitrogens with two attached hydrogens (primary N) is 1. The molecule has 1 aliphatic heterocycles. The predicted octanol–water partition coefficient (Wildman–Crippen LogP) is 0.429. The van der Waals surface area contributed by atoms with Crippen molar-refractivity contribution in [1.82, 2.24) is 14.5 Å². The van der Waals surface area contributed by atoms with Gasteiger partial charge in [-0.25, -0.2) is 9.18 Å². The van der Waals surface area contributed by atoms with Crippen LogP contribution in [0.2, 0.25) is 0 Å². The molecule has 3 heterocycles. The average Bonchev–Trinajstić information content (AvgIpc) is 3.09. The first-order valence-corrected chi connectivity index (χ1v) is 9.30. The number of hydrogen-bond donors (Lipinski definition) is 3. The second-order valence-electron chi connectivity index (χ2n) is 7.08. The van der Waals surface area contributed by atoms with E-state index in [0.29, 0.717) is 11.1 Å². The quantitative estimate of drug-likeness (QED) is 0.460. The van der Waals surface area contributed by atoms with E-state index in [4.69, 9.17) is 0 Å². The minimum absolute atomic E-state index is 0.0969. The topological polar surface area (TPSA) is 110 Å². The van der Waals surface area contributed by atoms with Gasteiger partial charge in [0.15, 0.2) is 6.04 Å². The summed E-state index contributed by atoms with van der Waals surface area (Å²) in [5, 5.41) is 16.2. The lowest BCUT2D eigenvalue weighted by Crippen LogP contribution is -2.88. The molecule has 8 heteroatoms. The van der Waals surface area contributed by atoms with Gasteiger partial charge < -0.3 is 15.4 Å². The molecule has 2 aromatic heterocycles. The van der Waals surface area contributed by atoms with Gasteiger partial charge in [0.2, 0.25) is 0 Å². The molecule has 2 aromatic carbocycles. The van der Waals surface area contributed by atoms with Crippen LogP contribution < -0.4 is 21.7 Å². The van der Waals surface area contributed by atoms with Crippen LogP contribution in [0.25, 0.3) is 16.6 Å². The maximum Gasteiger partial charge on any atom is 0.332 e. The zero-order chi connectivity index (χ0) is 20.1. The van der Waals surface area contributed by atoms with Crippen LogP contribution in [0.1, 0.15) is 22.9 Å². The molecule has 0 amide bonds. The maximum absolute atomic E-state index is 14.3. The van der Waals surface area contributed by atoms with Crippen LogP contribution in [0.15, 0.2) is 58.1 Å². The molecule has 4 N–H and O–H groups in total. The smallest absolute Gasteiger partial charge is 0.332 e. The third-order valence-electron chi connectivity index (χ3n) is 5.46. The molecule has 0 aliphatic carbocycles. The highest BCUT2D eigenvalue weighted by Gasteiger charge is 2.32. The van der Waals surface area contributed by atoms with E-state index < -0.39 is 29.0 Å². The molecule has 0 saturated carbocycles. The van der Waals surface area contributed by atoms with Gasteiger partial charge in [-0.1, -0.05) is 30.3 Å². The van der Waals surface area contributed by atoms with Gasteiger partial charge in [0.05, 0.1) is 23.5 Å². The van der Waals surface area contributed by atoms with E-state index in [9.17, 15) is 19.1 Å². The van der Waals surface area contributed by atoms with Crippen molar-refractivity contribution < 1.29 is 14.8 Å². The van der Waals surface area contributed by atoms with Gasteiger partial charge >= 0.3 is 5.69 Å². The van der Waals surface area contributed by atoms with E-state index in [1.165, 1.54) is 18.2 Å². The SMILES string of the molecule is O=c1[nH]c(=O)n(-c2ccccc2F)c([O-])c1[C@H]1[NH2+]CCc2c1[nH]c1ccccc21. The molecular weight excluding hydrogens is 375 g/mol. The number of rotatable bonds is 2. The fourth-order valence-electron chi connectivity index (χ4n) is 4.19. The Labute approximate surface area is 163 Å². The Hall–Kier alpha value is -3.65. The highest BCUT2D eigenvalue weighted by atomic mass is 19.1. The van der Waals surface area contributed by atoms with E-state index in [1.54, 1.807) is 0 Å². The number of hydrogen-bond acceptors (Lipinski definition) is 3. The Morgan fingerprint density at radius 1 is 1.07 bits per heavy atom. The second kappa shape index (κ2) is 6.46. The molecule has 146 valence electrons. The zero-order valence-electron chi connectivity index (χ0n) is 15.2. The van der Waals surface area contributed by atoms with Crippen LogP contribution in [0.3, 0.4) is 0 Å². The summed E-state index contributed by atoms with van der Waals surface area (Å²) in [6.07, 6.45) is 0.787. The minimum atomic E-state index is -0.957. The Balaban J connectivity index is 1.77. The van der Waals surface area contributed by atoms with Crippen molar-refractivity contribution in [3.8, 4) is 11.6 Å². The van der Waals surface area contributed by atoms with E-state index in [0.717, 1.165) is 34.6 Å². The van der Waals surface area contributed by atoms with E-state index >= 15 is 0 Å². The summed E-state index contributed by atoms with van der Waals surface area (Å²) in [6.45, 7) is 0.678. The van der Waals surface area contributed by atoms with E-state index in [-0.39, 0.29) is 11.3 Å². The normalized spacial score (nSPS) is 16.1. The van der Waals surface area contributed by atoms with Crippen molar-refractivity contribution in [3.05, 3.63) is 92.0 Å². The molecule has 1 atom stereocenters. The summed E-state index contributed by atoms with van der Waals surface area (Å²) in [7, 11) is 0. The van der Waals surface area contributed by atoms with Crippen LogP contribution in [0, 0.1) is 5.82 Å². The molecule has 0 spiro atoms. The number of aromatic amines is 2. The fourth-order valence-corrected chi connectivity index (χ4v) is 4.19. The molecule has 0 fully saturated rings. The predicted molar refractivity (Wildman–Crippen MR) is 103 cm³/mol. The lowest BCUT2D eigenvalue weighted by Gasteiger charge is -2.26. The third-order valence-corrected chi connectivity index (χ3v) is 5.46. The molecule has 5 rings (SSSR count). The van der Waals surface area contributed by atoms with Crippen LogP contribution in [0.4, 0.5) is 4.39 Å². The monoisotopic (exact) mass is 392 g/mol. The van der Waals surface area contributed by atoms with Crippen LogP contribution in [-0.4, -0.2) is 21.1 Å². The van der Waals surface area contributed by atoms with Gasteiger partial charge in [0.25, 0.3) is 5.56 Å². The van der Waals surface area contributed by atoms with E-state index in [1.807, 2.05) is 29.6 Å². The largest absolute Gasteiger partial charge is 0.859 e. The summed E-state index contributed by atoms with van der Waals surface area (Å²) in [4.78, 5) is 30.5. The first-order valence-electron chi connectivity index (χ1n) is 9.30. The van der Waals surface area contributed by atoms with Crippen LogP contribution in [-0.2, 0) is 6.42 Å². The van der Waals surface area contributed by atoms with Crippen molar-refractivity contribution in [1.29, 1.82) is 0 Å². The van der Waals surface area contributed by atoms with Crippen LogP contribution in [0.5, 0.6) is 5.88 Å². The Morgan fingerprint density at radius 2 is 1.83 bits per heavy atom. The summed E-state index contributed by atoms with van der Waals surface area (Å²) in [5.41, 5.74) is 0.744. The van der Waals surface area contributed by atoms with Gasteiger partial charge in [-0.05, 0) is 29.6 Å². The van der Waals surface area contributed by atoms with Gasteiger partial charge in [-0.3, -0.25) is 14.3 Å². The third kappa shape index (κ3) is 2.60. The second-order valence-corrected chi connectivity index (χ2v) is 7.08. The molecular formula is C21H17FN4O3. The number of nitrogens with zero attached hydrogens (tertiary/aromatic N) is 1. The number of nitrogens with one attached hydrogen (secondary N) is 2. The lowest BCUT2D eigenvalue weighted by molar-refractivity contribution is -0.691. The Morgan fingerprint density at radius 3 is 2.66 bits per heavy atom. The average molecular weight is 392 g/mol. The van der Waals surface area contributed by atoms with Crippen molar-refractivity contribution in [2.75, 3.05) is 6.54 Å². The molecule has 0 unspecified atom stereocenters. The summed E-state index contributed by atoms with van der Waals surface area (Å²) < 4.78 is 15.0. The standard InChI is InChI=1S/C21H17FN4O3/c22-13-6-2-4-8-15(13)26-20(28)16(19(27)25-21(26)29)18-17-12(9-10-23-18)11-5-1-3-7-14(11)24-17/h1-8,18,23-24,28H,9-10H2,(H,25,27,29)/t18-/m1/s1. The molecule has 0 radical (unpaired) electrons. The lowest BCUT2D eigenvalue weighted by atomic mass is 9.95. The van der Waals surface area contributed by atoms with Crippen molar-refractivity contribution in [2.45, 2.75) is 12.5 Å². The minimum Gasteiger partial charge on any atom is -0.859 e. The first kappa shape index (κ1) is 17.4. The molecule has 0 saturated heterocycles. The number of aromatic nitrogens is 3. The van der Waals surface area contributed by atoms with Crippen LogP contribution >= 0.6 is 0 Å². The first-order chi connectivity index (χ1) is 14.1.